The van der Waals surface area contributed by atoms with Crippen molar-refractivity contribution >= 4 is 20.7 Å². The maximum atomic E-state index is 11.9. The molecule has 0 bridgehead atoms. The number of nitrogens with zero attached hydrogens (tertiary/aromatic N) is 2. The van der Waals surface area contributed by atoms with Crippen LogP contribution in [0.15, 0.2) is 43.0 Å². The molecule has 0 saturated carbocycles. The molecular weight excluding hydrogens is 329 g/mol. The SMILES string of the molecule is C[As](C)C(CNC(=O)n1ccnc1)Cc1ccc(O)cc1. The Labute approximate surface area is 129 Å². The third-order valence-corrected chi connectivity index (χ3v) is 7.20. The van der Waals surface area contributed by atoms with Crippen LogP contribution < -0.4 is 5.32 Å². The summed E-state index contributed by atoms with van der Waals surface area (Å²) in [5.41, 5.74) is 5.78. The van der Waals surface area contributed by atoms with E-state index in [1.54, 1.807) is 24.5 Å². The number of nitrogens with one attached hydrogen (secondary N) is 1. The van der Waals surface area contributed by atoms with Gasteiger partial charge in [-0.05, 0) is 0 Å². The van der Waals surface area contributed by atoms with Crippen LogP contribution in [-0.2, 0) is 6.42 Å². The van der Waals surface area contributed by atoms with E-state index in [1.807, 2.05) is 12.1 Å². The van der Waals surface area contributed by atoms with Crippen LogP contribution in [0, 0.1) is 0 Å². The molecule has 1 aromatic carbocycles. The second-order valence-corrected chi connectivity index (χ2v) is 10.7. The van der Waals surface area contributed by atoms with Gasteiger partial charge in [0.25, 0.3) is 0 Å². The molecule has 1 atom stereocenters. The maximum absolute atomic E-state index is 11.9. The number of amides is 1. The predicted molar refractivity (Wildman–Crippen MR) is 84.1 cm³/mol. The molecule has 2 rings (SSSR count). The fraction of sp³-hybridized carbons (Fsp3) is 0.333. The first-order chi connectivity index (χ1) is 10.1. The Kier molecular flexibility index (Phi) is 5.45. The Bertz CT molecular complexity index is 567. The number of imidazole rings is 1. The van der Waals surface area contributed by atoms with Gasteiger partial charge in [0, 0.05) is 0 Å². The number of phenolic OH excluding ortho intramolecular Hbond substituents is 1. The molecular formula is C15H20AsN3O2. The van der Waals surface area contributed by atoms with Crippen LogP contribution in [0.2, 0.25) is 16.1 Å². The molecule has 1 amide bonds. The van der Waals surface area contributed by atoms with Gasteiger partial charge in [0.15, 0.2) is 0 Å². The molecule has 6 heteroatoms. The summed E-state index contributed by atoms with van der Waals surface area (Å²) in [6.45, 7) is 0.672. The van der Waals surface area contributed by atoms with Crippen LogP contribution in [0.4, 0.5) is 4.79 Å². The first-order valence-corrected chi connectivity index (χ1v) is 11.6. The zero-order valence-corrected chi connectivity index (χ0v) is 14.1. The minimum atomic E-state index is -0.975. The fourth-order valence-corrected chi connectivity index (χ4v) is 4.18. The quantitative estimate of drug-likeness (QED) is 0.815. The van der Waals surface area contributed by atoms with E-state index >= 15 is 0 Å². The number of phenols is 1. The standard InChI is InChI=1S/C15H20AsN3O2/c1-16(2)13(9-12-3-5-14(20)6-4-12)10-18-15(21)19-8-7-17-11-19/h3-8,11,13,20H,9-10H2,1-2H3,(H,18,21). The second-order valence-electron chi connectivity index (χ2n) is 5.14. The van der Waals surface area contributed by atoms with Crippen LogP contribution in [0.25, 0.3) is 0 Å². The van der Waals surface area contributed by atoms with Gasteiger partial charge in [0.1, 0.15) is 0 Å². The number of rotatable bonds is 5. The van der Waals surface area contributed by atoms with Crippen molar-refractivity contribution in [1.82, 2.24) is 14.9 Å². The average Bonchev–Trinajstić information content (AvgIpc) is 2.99. The molecule has 0 fully saturated rings. The third-order valence-electron chi connectivity index (χ3n) is 3.37. The molecule has 1 aromatic heterocycles. The Morgan fingerprint density at radius 1 is 1.38 bits per heavy atom. The van der Waals surface area contributed by atoms with Crippen LogP contribution in [-0.4, -0.2) is 41.9 Å². The van der Waals surface area contributed by atoms with Crippen molar-refractivity contribution < 1.29 is 9.90 Å². The minimum absolute atomic E-state index is 0.140. The van der Waals surface area contributed by atoms with Crippen LogP contribution in [0.3, 0.4) is 0 Å². The molecule has 2 aromatic rings. The summed E-state index contributed by atoms with van der Waals surface area (Å²) in [5, 5.41) is 12.3. The van der Waals surface area contributed by atoms with Crippen molar-refractivity contribution in [3.63, 3.8) is 0 Å². The van der Waals surface area contributed by atoms with Crippen molar-refractivity contribution in [2.45, 2.75) is 22.5 Å². The van der Waals surface area contributed by atoms with E-state index in [1.165, 1.54) is 16.5 Å². The molecule has 5 nitrogen and oxygen atoms in total. The van der Waals surface area contributed by atoms with Gasteiger partial charge in [0.05, 0.1) is 0 Å². The van der Waals surface area contributed by atoms with Crippen molar-refractivity contribution in [3.8, 4) is 5.75 Å². The number of hydrogen-bond donors (Lipinski definition) is 2. The van der Waals surface area contributed by atoms with Gasteiger partial charge in [-0.15, -0.1) is 0 Å². The molecule has 1 heterocycles. The third kappa shape index (κ3) is 4.64. The summed E-state index contributed by atoms with van der Waals surface area (Å²) in [6.07, 6.45) is 5.65. The Morgan fingerprint density at radius 3 is 2.67 bits per heavy atom. The molecule has 0 aliphatic rings. The monoisotopic (exact) mass is 349 g/mol. The van der Waals surface area contributed by atoms with Crippen LogP contribution in [0.5, 0.6) is 5.75 Å². The summed E-state index contributed by atoms with van der Waals surface area (Å²) in [5.74, 6) is 0.283. The number of aromatic hydroxyl groups is 1. The number of aromatic nitrogens is 2. The fourth-order valence-electron chi connectivity index (χ4n) is 2.02. The van der Waals surface area contributed by atoms with Crippen LogP contribution in [0.1, 0.15) is 5.56 Å². The summed E-state index contributed by atoms with van der Waals surface area (Å²) in [4.78, 5) is 15.8. The van der Waals surface area contributed by atoms with Crippen LogP contribution >= 0.6 is 0 Å². The molecule has 0 radical (unpaired) electrons. The second kappa shape index (κ2) is 7.32. The van der Waals surface area contributed by atoms with Gasteiger partial charge in [0.2, 0.25) is 0 Å². The Balaban J connectivity index is 1.93. The van der Waals surface area contributed by atoms with Gasteiger partial charge >= 0.3 is 129 Å². The van der Waals surface area contributed by atoms with E-state index in [9.17, 15) is 9.90 Å². The molecule has 21 heavy (non-hydrogen) atoms. The molecule has 2 N–H and O–H groups in total. The van der Waals surface area contributed by atoms with Crippen molar-refractivity contribution in [2.75, 3.05) is 6.54 Å². The molecule has 0 aliphatic carbocycles. The van der Waals surface area contributed by atoms with Crippen molar-refractivity contribution in [3.05, 3.63) is 48.5 Å². The van der Waals surface area contributed by atoms with Gasteiger partial charge in [-0.1, -0.05) is 0 Å². The zero-order chi connectivity index (χ0) is 15.2. The molecule has 1 unspecified atom stereocenters. The topological polar surface area (TPSA) is 67.2 Å². The number of carbonyl (C=O) groups excluding carboxylic acids is 1. The van der Waals surface area contributed by atoms with E-state index in [0.717, 1.165) is 6.42 Å². The van der Waals surface area contributed by atoms with Crippen molar-refractivity contribution in [1.29, 1.82) is 0 Å². The first kappa shape index (κ1) is 15.6. The van der Waals surface area contributed by atoms with E-state index in [4.69, 9.17) is 0 Å². The van der Waals surface area contributed by atoms with Gasteiger partial charge < -0.3 is 0 Å². The molecule has 0 spiro atoms. The normalized spacial score (nSPS) is 12.3. The number of carbonyl (C=O) groups is 1. The summed E-state index contributed by atoms with van der Waals surface area (Å²) >= 11 is -0.975. The predicted octanol–water partition coefficient (Wildman–Crippen LogP) is 2.51. The van der Waals surface area contributed by atoms with E-state index in [0.29, 0.717) is 11.3 Å². The van der Waals surface area contributed by atoms with Crippen molar-refractivity contribution in [2.24, 2.45) is 0 Å². The first-order valence-electron chi connectivity index (χ1n) is 6.77. The summed E-state index contributed by atoms with van der Waals surface area (Å²) in [6, 6.07) is 7.16. The van der Waals surface area contributed by atoms with E-state index in [-0.39, 0.29) is 11.8 Å². The molecule has 0 aliphatic heterocycles. The van der Waals surface area contributed by atoms with E-state index in [2.05, 4.69) is 21.7 Å². The van der Waals surface area contributed by atoms with Gasteiger partial charge in [-0.3, -0.25) is 0 Å². The Hall–Kier alpha value is -1.74. The zero-order valence-electron chi connectivity index (χ0n) is 12.2. The Morgan fingerprint density at radius 2 is 2.10 bits per heavy atom. The van der Waals surface area contributed by atoms with E-state index < -0.39 is 14.7 Å². The molecule has 0 saturated heterocycles. The van der Waals surface area contributed by atoms with Gasteiger partial charge in [-0.25, -0.2) is 0 Å². The average molecular weight is 349 g/mol. The molecule has 112 valence electrons. The number of benzene rings is 1. The summed E-state index contributed by atoms with van der Waals surface area (Å²) in [7, 11) is 0. The van der Waals surface area contributed by atoms with Gasteiger partial charge in [-0.2, -0.15) is 0 Å². The summed E-state index contributed by atoms with van der Waals surface area (Å²) < 4.78 is 1.93. The number of hydrogen-bond acceptors (Lipinski definition) is 3.